The molecule has 2 atom stereocenters. The molecule has 132 valence electrons. The van der Waals surface area contributed by atoms with E-state index in [0.717, 1.165) is 51.4 Å². The zero-order valence-electron chi connectivity index (χ0n) is 13.9. The third-order valence-electron chi connectivity index (χ3n) is 3.06. The van der Waals surface area contributed by atoms with E-state index in [1.165, 1.54) is 0 Å². The van der Waals surface area contributed by atoms with Gasteiger partial charge in [0.1, 0.15) is 6.61 Å². The van der Waals surface area contributed by atoms with Crippen molar-refractivity contribution in [2.24, 2.45) is 0 Å². The number of rotatable bonds is 16. The minimum atomic E-state index is -2.94. The van der Waals surface area contributed by atoms with Crippen molar-refractivity contribution in [1.29, 1.82) is 0 Å². The van der Waals surface area contributed by atoms with E-state index in [1.54, 1.807) is 0 Å². The van der Waals surface area contributed by atoms with E-state index in [-0.39, 0.29) is 0 Å². The van der Waals surface area contributed by atoms with Crippen LogP contribution in [0.5, 0.6) is 0 Å². The first-order valence-corrected chi connectivity index (χ1v) is 11.1. The molecule has 0 spiro atoms. The summed E-state index contributed by atoms with van der Waals surface area (Å²) in [5.41, 5.74) is 0. The summed E-state index contributed by atoms with van der Waals surface area (Å²) >= 11 is 0. The summed E-state index contributed by atoms with van der Waals surface area (Å²) in [5, 5.41) is 0. The van der Waals surface area contributed by atoms with Gasteiger partial charge in [-0.25, -0.2) is 0 Å². The molecule has 0 radical (unpaired) electrons. The summed E-state index contributed by atoms with van der Waals surface area (Å²) < 4.78 is 38.4. The van der Waals surface area contributed by atoms with E-state index < -0.39 is 15.9 Å². The molecule has 0 bridgehead atoms. The molecule has 8 heteroatoms. The third kappa shape index (κ3) is 13.8. The van der Waals surface area contributed by atoms with Gasteiger partial charge in [0, 0.05) is 4.57 Å². The maximum atomic E-state index is 12.5. The van der Waals surface area contributed by atoms with Crippen LogP contribution >= 0.6 is 15.9 Å². The second-order valence-corrected chi connectivity index (χ2v) is 8.11. The second-order valence-electron chi connectivity index (χ2n) is 5.19. The van der Waals surface area contributed by atoms with Gasteiger partial charge in [0.15, 0.2) is 0 Å². The highest BCUT2D eigenvalue weighted by molar-refractivity contribution is 7.53. The fourth-order valence-corrected chi connectivity index (χ4v) is 3.92. The van der Waals surface area contributed by atoms with Crippen LogP contribution in [0.2, 0.25) is 0 Å². The van der Waals surface area contributed by atoms with Crippen LogP contribution in [0.1, 0.15) is 65.2 Å². The van der Waals surface area contributed by atoms with Crippen molar-refractivity contribution in [3.8, 4) is 0 Å². The topological polar surface area (TPSA) is 82.1 Å². The minimum absolute atomic E-state index is 0.309. The molecule has 0 aromatic carbocycles. The molecule has 6 nitrogen and oxygen atoms in total. The standard InChI is InChI=1S/C14H30O6P2/c1-3-5-13-20-22(17,19-11-4-2)14-10-8-6-7-9-12-18-21(15)16/h3-14H2,1-2H3/p+1. The molecular formula is C14H31O6P2+. The SMILES string of the molecule is CCCCOP(=O)(CCCCCCCO[P+](=O)O)OCCC. The van der Waals surface area contributed by atoms with Crippen LogP contribution in [0.25, 0.3) is 0 Å². The van der Waals surface area contributed by atoms with Gasteiger partial charge >= 0.3 is 15.9 Å². The molecule has 0 aromatic rings. The predicted octanol–water partition coefficient (Wildman–Crippen LogP) is 5.04. The fraction of sp³-hybridized carbons (Fsp3) is 1.00. The molecular weight excluding hydrogens is 326 g/mol. The third-order valence-corrected chi connectivity index (χ3v) is 5.48. The first-order valence-electron chi connectivity index (χ1n) is 8.21. The molecule has 2 unspecified atom stereocenters. The van der Waals surface area contributed by atoms with Gasteiger partial charge in [0.25, 0.3) is 0 Å². The lowest BCUT2D eigenvalue weighted by atomic mass is 10.2. The van der Waals surface area contributed by atoms with Gasteiger partial charge in [0.2, 0.25) is 0 Å². The summed E-state index contributed by atoms with van der Waals surface area (Å²) in [6.07, 6.45) is 7.63. The van der Waals surface area contributed by atoms with Crippen LogP contribution in [0.3, 0.4) is 0 Å². The van der Waals surface area contributed by atoms with Crippen molar-refractivity contribution in [1.82, 2.24) is 0 Å². The van der Waals surface area contributed by atoms with E-state index in [1.807, 2.05) is 6.92 Å². The van der Waals surface area contributed by atoms with Crippen molar-refractivity contribution in [2.45, 2.75) is 65.2 Å². The lowest BCUT2D eigenvalue weighted by molar-refractivity contribution is 0.201. The molecule has 0 aliphatic carbocycles. The molecule has 0 aromatic heterocycles. The number of hydrogen-bond acceptors (Lipinski definition) is 5. The van der Waals surface area contributed by atoms with Crippen LogP contribution < -0.4 is 0 Å². The lowest BCUT2D eigenvalue weighted by Gasteiger charge is -2.18. The highest BCUT2D eigenvalue weighted by atomic mass is 31.2. The summed E-state index contributed by atoms with van der Waals surface area (Å²) in [6.45, 7) is 5.33. The average molecular weight is 357 g/mol. The second kappa shape index (κ2) is 14.7. The Hall–Kier alpha value is 0.170. The molecule has 0 saturated heterocycles. The van der Waals surface area contributed by atoms with Crippen molar-refractivity contribution in [3.63, 3.8) is 0 Å². The van der Waals surface area contributed by atoms with E-state index in [0.29, 0.717) is 26.0 Å². The fourth-order valence-electron chi connectivity index (χ4n) is 1.83. The number of hydrogen-bond donors (Lipinski definition) is 1. The van der Waals surface area contributed by atoms with Crippen LogP contribution in [0.4, 0.5) is 0 Å². The minimum Gasteiger partial charge on any atom is -0.309 e. The van der Waals surface area contributed by atoms with Crippen LogP contribution in [-0.4, -0.2) is 30.9 Å². The molecule has 0 rings (SSSR count). The van der Waals surface area contributed by atoms with Gasteiger partial charge in [-0.15, -0.1) is 9.42 Å². The van der Waals surface area contributed by atoms with Gasteiger partial charge < -0.3 is 9.05 Å². The summed E-state index contributed by atoms with van der Waals surface area (Å²) in [6, 6.07) is 0. The van der Waals surface area contributed by atoms with Gasteiger partial charge in [-0.1, -0.05) is 39.5 Å². The summed E-state index contributed by atoms with van der Waals surface area (Å²) in [5.74, 6) is 0. The molecule has 1 N–H and O–H groups in total. The Morgan fingerprint density at radius 3 is 2.14 bits per heavy atom. The summed E-state index contributed by atoms with van der Waals surface area (Å²) in [7, 11) is -5.41. The highest BCUT2D eigenvalue weighted by Gasteiger charge is 2.23. The van der Waals surface area contributed by atoms with Crippen LogP contribution in [0, 0.1) is 0 Å². The van der Waals surface area contributed by atoms with Crippen LogP contribution in [0.15, 0.2) is 0 Å². The summed E-state index contributed by atoms with van der Waals surface area (Å²) in [4.78, 5) is 8.47. The molecule has 0 fully saturated rings. The maximum Gasteiger partial charge on any atom is 0.694 e. The Morgan fingerprint density at radius 1 is 0.864 bits per heavy atom. The van der Waals surface area contributed by atoms with Crippen molar-refractivity contribution >= 4 is 15.9 Å². The number of unbranched alkanes of at least 4 members (excludes halogenated alkanes) is 5. The van der Waals surface area contributed by atoms with E-state index in [2.05, 4.69) is 11.4 Å². The van der Waals surface area contributed by atoms with E-state index >= 15 is 0 Å². The largest absolute Gasteiger partial charge is 0.694 e. The lowest BCUT2D eigenvalue weighted by Crippen LogP contribution is -2.03. The van der Waals surface area contributed by atoms with Gasteiger partial charge in [-0.3, -0.25) is 4.57 Å². The first kappa shape index (κ1) is 22.2. The molecule has 0 heterocycles. The van der Waals surface area contributed by atoms with Crippen molar-refractivity contribution in [2.75, 3.05) is 26.0 Å². The molecule has 0 amide bonds. The maximum absolute atomic E-state index is 12.5. The Labute approximate surface area is 135 Å². The highest BCUT2D eigenvalue weighted by Crippen LogP contribution is 2.49. The normalized spacial score (nSPS) is 14.8. The smallest absolute Gasteiger partial charge is 0.309 e. The average Bonchev–Trinajstić information content (AvgIpc) is 2.48. The van der Waals surface area contributed by atoms with Crippen LogP contribution in [-0.2, 0) is 22.7 Å². The van der Waals surface area contributed by atoms with E-state index in [9.17, 15) is 9.13 Å². The monoisotopic (exact) mass is 357 g/mol. The Kier molecular flexibility index (Phi) is 14.9. The quantitative estimate of drug-likeness (QED) is 0.308. The Balaban J connectivity index is 3.78. The molecule has 0 aliphatic heterocycles. The molecule has 22 heavy (non-hydrogen) atoms. The zero-order chi connectivity index (χ0) is 16.7. The van der Waals surface area contributed by atoms with Crippen molar-refractivity contribution < 1.29 is 27.6 Å². The Morgan fingerprint density at radius 2 is 1.50 bits per heavy atom. The first-order chi connectivity index (χ1) is 10.5. The van der Waals surface area contributed by atoms with E-state index in [4.69, 9.17) is 13.9 Å². The zero-order valence-corrected chi connectivity index (χ0v) is 15.7. The molecule has 0 saturated carbocycles. The predicted molar refractivity (Wildman–Crippen MR) is 88.4 cm³/mol. The van der Waals surface area contributed by atoms with Gasteiger partial charge in [-0.05, 0) is 25.7 Å². The van der Waals surface area contributed by atoms with Gasteiger partial charge in [0.05, 0.1) is 19.4 Å². The van der Waals surface area contributed by atoms with Crippen molar-refractivity contribution in [3.05, 3.63) is 0 Å². The molecule has 0 aliphatic rings. The van der Waals surface area contributed by atoms with Gasteiger partial charge in [-0.2, -0.15) is 0 Å². The Bertz CT molecular complexity index is 324.